The predicted octanol–water partition coefficient (Wildman–Crippen LogP) is 2.69. The lowest BCUT2D eigenvalue weighted by Gasteiger charge is -2.31. The monoisotopic (exact) mass is 405 g/mol. The van der Waals surface area contributed by atoms with Gasteiger partial charge in [0, 0.05) is 56.6 Å². The van der Waals surface area contributed by atoms with Crippen LogP contribution in [0, 0.1) is 6.92 Å². The number of hydrogen-bond donors (Lipinski definition) is 0. The van der Waals surface area contributed by atoms with Crippen LogP contribution in [-0.2, 0) is 14.1 Å². The first-order valence-electron chi connectivity index (χ1n) is 10.0. The van der Waals surface area contributed by atoms with Gasteiger partial charge in [-0.15, -0.1) is 0 Å². The lowest BCUT2D eigenvalue weighted by Crippen LogP contribution is -2.38. The van der Waals surface area contributed by atoms with Crippen LogP contribution in [-0.4, -0.2) is 53.4 Å². The fourth-order valence-corrected chi connectivity index (χ4v) is 4.11. The smallest absolute Gasteiger partial charge is 0.276 e. The number of imidazole rings is 1. The molecule has 1 fully saturated rings. The Bertz CT molecular complexity index is 1230. The molecule has 1 saturated heterocycles. The highest BCUT2D eigenvalue weighted by atomic mass is 16.5. The highest BCUT2D eigenvalue weighted by molar-refractivity contribution is 5.92. The molecule has 4 aromatic rings. The van der Waals surface area contributed by atoms with Gasteiger partial charge in [0.1, 0.15) is 17.0 Å². The first kappa shape index (κ1) is 18.5. The van der Waals surface area contributed by atoms with Crippen molar-refractivity contribution in [2.45, 2.75) is 25.7 Å². The molecule has 0 saturated carbocycles. The van der Waals surface area contributed by atoms with Gasteiger partial charge in [0.2, 0.25) is 0 Å². The zero-order chi connectivity index (χ0) is 20.8. The highest BCUT2D eigenvalue weighted by Crippen LogP contribution is 2.33. The maximum absolute atomic E-state index is 12.6. The maximum Gasteiger partial charge on any atom is 0.276 e. The molecule has 4 aromatic heterocycles. The van der Waals surface area contributed by atoms with Crippen LogP contribution in [0.2, 0.25) is 0 Å². The summed E-state index contributed by atoms with van der Waals surface area (Å²) in [5, 5.41) is 8.15. The van der Waals surface area contributed by atoms with E-state index in [4.69, 9.17) is 9.51 Å². The van der Waals surface area contributed by atoms with Gasteiger partial charge < -0.3 is 14.0 Å². The Morgan fingerprint density at radius 2 is 2.00 bits per heavy atom. The van der Waals surface area contributed by atoms with Crippen molar-refractivity contribution in [3.8, 4) is 11.3 Å². The minimum Gasteiger partial charge on any atom is -0.361 e. The van der Waals surface area contributed by atoms with E-state index in [0.29, 0.717) is 24.5 Å². The van der Waals surface area contributed by atoms with Crippen molar-refractivity contribution in [3.05, 3.63) is 48.0 Å². The molecule has 0 atom stereocenters. The summed E-state index contributed by atoms with van der Waals surface area (Å²) in [6, 6.07) is 3.82. The third kappa shape index (κ3) is 3.16. The standard InChI is InChI=1S/C21H23N7O2/c1-13-8-17(25-30-13)21(29)28-6-4-14(5-7-28)16-9-18-20(22-12-26(18)2)19(24-16)15-10-23-27(3)11-15/h8-12,14H,4-7H2,1-3H3. The molecule has 0 unspecified atom stereocenters. The van der Waals surface area contributed by atoms with E-state index in [9.17, 15) is 4.79 Å². The fraction of sp³-hybridized carbons (Fsp3) is 0.381. The topological polar surface area (TPSA) is 94.9 Å². The van der Waals surface area contributed by atoms with Crippen molar-refractivity contribution in [1.82, 2.24) is 34.4 Å². The Morgan fingerprint density at radius 3 is 2.67 bits per heavy atom. The molecular weight excluding hydrogens is 382 g/mol. The van der Waals surface area contributed by atoms with Crippen molar-refractivity contribution >= 4 is 16.9 Å². The second-order valence-corrected chi connectivity index (χ2v) is 7.91. The van der Waals surface area contributed by atoms with Crippen LogP contribution in [0.4, 0.5) is 0 Å². The Labute approximate surface area is 173 Å². The van der Waals surface area contributed by atoms with Crippen LogP contribution >= 0.6 is 0 Å². The SMILES string of the molecule is Cc1cc(C(=O)N2CCC(c3cc4c(ncn4C)c(-c4cnn(C)c4)n3)CC2)no1. The number of likely N-dealkylation sites (tertiary alicyclic amines) is 1. The van der Waals surface area contributed by atoms with Gasteiger partial charge >= 0.3 is 0 Å². The molecule has 0 N–H and O–H groups in total. The van der Waals surface area contributed by atoms with E-state index in [1.165, 1.54) is 0 Å². The third-order valence-corrected chi connectivity index (χ3v) is 5.76. The number of fused-ring (bicyclic) bond motifs is 1. The van der Waals surface area contributed by atoms with Gasteiger partial charge in [0.25, 0.3) is 5.91 Å². The van der Waals surface area contributed by atoms with Gasteiger partial charge in [-0.05, 0) is 25.8 Å². The molecule has 154 valence electrons. The van der Waals surface area contributed by atoms with Crippen LogP contribution in [0.3, 0.4) is 0 Å². The summed E-state index contributed by atoms with van der Waals surface area (Å²) < 4.78 is 8.84. The number of pyridine rings is 1. The minimum absolute atomic E-state index is 0.0728. The van der Waals surface area contributed by atoms with E-state index in [1.807, 2.05) is 42.3 Å². The summed E-state index contributed by atoms with van der Waals surface area (Å²) in [7, 11) is 3.89. The normalized spacial score (nSPS) is 15.2. The summed E-state index contributed by atoms with van der Waals surface area (Å²) >= 11 is 0. The highest BCUT2D eigenvalue weighted by Gasteiger charge is 2.28. The van der Waals surface area contributed by atoms with E-state index in [0.717, 1.165) is 40.8 Å². The summed E-state index contributed by atoms with van der Waals surface area (Å²) in [6.45, 7) is 3.13. The van der Waals surface area contributed by atoms with E-state index in [-0.39, 0.29) is 11.8 Å². The lowest BCUT2D eigenvalue weighted by atomic mass is 9.92. The van der Waals surface area contributed by atoms with Gasteiger partial charge in [-0.3, -0.25) is 9.48 Å². The second-order valence-electron chi connectivity index (χ2n) is 7.91. The zero-order valence-electron chi connectivity index (χ0n) is 17.2. The zero-order valence-corrected chi connectivity index (χ0v) is 17.2. The Kier molecular flexibility index (Phi) is 4.38. The van der Waals surface area contributed by atoms with Crippen LogP contribution in [0.15, 0.2) is 35.4 Å². The van der Waals surface area contributed by atoms with Gasteiger partial charge in [-0.2, -0.15) is 5.10 Å². The van der Waals surface area contributed by atoms with E-state index in [1.54, 1.807) is 17.7 Å². The number of hydrogen-bond acceptors (Lipinski definition) is 6. The number of aromatic nitrogens is 6. The molecule has 9 heteroatoms. The minimum atomic E-state index is -0.0728. The van der Waals surface area contributed by atoms with Crippen molar-refractivity contribution < 1.29 is 9.32 Å². The van der Waals surface area contributed by atoms with E-state index in [2.05, 4.69) is 21.3 Å². The molecule has 0 aromatic carbocycles. The van der Waals surface area contributed by atoms with Gasteiger partial charge in [0.05, 0.1) is 18.0 Å². The summed E-state index contributed by atoms with van der Waals surface area (Å²) in [6.07, 6.45) is 7.30. The molecule has 1 aliphatic heterocycles. The van der Waals surface area contributed by atoms with Gasteiger partial charge in [0.15, 0.2) is 5.69 Å². The molecule has 1 aliphatic rings. The molecule has 5 rings (SSSR count). The summed E-state index contributed by atoms with van der Waals surface area (Å²) in [5.74, 6) is 0.851. The summed E-state index contributed by atoms with van der Waals surface area (Å²) in [4.78, 5) is 24.0. The largest absolute Gasteiger partial charge is 0.361 e. The van der Waals surface area contributed by atoms with Crippen LogP contribution < -0.4 is 0 Å². The number of aryl methyl sites for hydroxylation is 3. The van der Waals surface area contributed by atoms with Crippen molar-refractivity contribution in [1.29, 1.82) is 0 Å². The van der Waals surface area contributed by atoms with Crippen LogP contribution in [0.25, 0.3) is 22.3 Å². The molecule has 1 amide bonds. The number of carbonyl (C=O) groups excluding carboxylic acids is 1. The molecular formula is C21H23N7O2. The number of carbonyl (C=O) groups is 1. The quantitative estimate of drug-likeness (QED) is 0.520. The average molecular weight is 405 g/mol. The molecule has 5 heterocycles. The Hall–Kier alpha value is -3.49. The number of rotatable bonds is 3. The van der Waals surface area contributed by atoms with E-state index < -0.39 is 0 Å². The molecule has 30 heavy (non-hydrogen) atoms. The van der Waals surface area contributed by atoms with Crippen molar-refractivity contribution in [2.24, 2.45) is 14.1 Å². The molecule has 0 aliphatic carbocycles. The first-order valence-corrected chi connectivity index (χ1v) is 10.0. The molecule has 0 bridgehead atoms. The Balaban J connectivity index is 1.42. The summed E-state index contributed by atoms with van der Waals surface area (Å²) in [5.41, 5.74) is 5.15. The van der Waals surface area contributed by atoms with Crippen molar-refractivity contribution in [2.75, 3.05) is 13.1 Å². The van der Waals surface area contributed by atoms with Gasteiger partial charge in [-0.1, -0.05) is 5.16 Å². The van der Waals surface area contributed by atoms with E-state index >= 15 is 0 Å². The molecule has 9 nitrogen and oxygen atoms in total. The molecule has 0 spiro atoms. The lowest BCUT2D eigenvalue weighted by molar-refractivity contribution is 0.0701. The number of nitrogens with zero attached hydrogens (tertiary/aromatic N) is 7. The second kappa shape index (κ2) is 7.08. The number of amides is 1. The van der Waals surface area contributed by atoms with Crippen LogP contribution in [0.1, 0.15) is 40.7 Å². The van der Waals surface area contributed by atoms with Crippen LogP contribution in [0.5, 0.6) is 0 Å². The fourth-order valence-electron chi connectivity index (χ4n) is 4.11. The first-order chi connectivity index (χ1) is 14.5. The van der Waals surface area contributed by atoms with Gasteiger partial charge in [-0.25, -0.2) is 9.97 Å². The predicted molar refractivity (Wildman–Crippen MR) is 110 cm³/mol. The number of piperidine rings is 1. The average Bonchev–Trinajstić information content (AvgIpc) is 3.48. The Morgan fingerprint density at radius 1 is 1.20 bits per heavy atom. The molecule has 0 radical (unpaired) electrons. The van der Waals surface area contributed by atoms with Crippen molar-refractivity contribution in [3.63, 3.8) is 0 Å². The maximum atomic E-state index is 12.6. The third-order valence-electron chi connectivity index (χ3n) is 5.76.